The van der Waals surface area contributed by atoms with Crippen molar-refractivity contribution in [3.63, 3.8) is 0 Å². The molecule has 108 valence electrons. The number of hydrogen-bond donors (Lipinski definition) is 0. The van der Waals surface area contributed by atoms with Gasteiger partial charge in [-0.2, -0.15) is 0 Å². The number of esters is 1. The Morgan fingerprint density at radius 2 is 1.84 bits per heavy atom. The Bertz CT molecular complexity index is 355. The van der Waals surface area contributed by atoms with Gasteiger partial charge in [-0.25, -0.2) is 4.79 Å². The summed E-state index contributed by atoms with van der Waals surface area (Å²) in [6.07, 6.45) is 5.83. The Balaban J connectivity index is 1.91. The molecule has 1 saturated carbocycles. The second kappa shape index (κ2) is 5.51. The van der Waals surface area contributed by atoms with Crippen LogP contribution in [0.25, 0.3) is 0 Å². The third-order valence-electron chi connectivity index (χ3n) is 3.94. The fourth-order valence-electron chi connectivity index (χ4n) is 2.74. The van der Waals surface area contributed by atoms with Crippen molar-refractivity contribution in [3.8, 4) is 0 Å². The molecule has 1 heterocycles. The van der Waals surface area contributed by atoms with E-state index in [1.807, 2.05) is 20.8 Å². The molecule has 2 rings (SSSR count). The van der Waals surface area contributed by atoms with Crippen LogP contribution in [0, 0.1) is 5.92 Å². The highest BCUT2D eigenvalue weighted by atomic mass is 16.6. The largest absolute Gasteiger partial charge is 0.458 e. The minimum absolute atomic E-state index is 0.137. The lowest BCUT2D eigenvalue weighted by atomic mass is 9.82. The first-order valence-corrected chi connectivity index (χ1v) is 7.39. The zero-order chi connectivity index (χ0) is 14.0. The van der Waals surface area contributed by atoms with Gasteiger partial charge in [0, 0.05) is 13.0 Å². The maximum atomic E-state index is 12.2. The van der Waals surface area contributed by atoms with Gasteiger partial charge in [0.15, 0.2) is 0 Å². The summed E-state index contributed by atoms with van der Waals surface area (Å²) in [5.74, 6) is 0.442. The van der Waals surface area contributed by atoms with E-state index in [0.717, 1.165) is 25.7 Å². The second-order valence-electron chi connectivity index (χ2n) is 6.78. The van der Waals surface area contributed by atoms with Gasteiger partial charge in [-0.3, -0.25) is 4.79 Å². The zero-order valence-electron chi connectivity index (χ0n) is 12.3. The molecule has 0 aromatic heterocycles. The summed E-state index contributed by atoms with van der Waals surface area (Å²) in [6, 6.07) is -0.355. The summed E-state index contributed by atoms with van der Waals surface area (Å²) in [5, 5.41) is 0. The molecule has 0 spiro atoms. The van der Waals surface area contributed by atoms with E-state index in [1.165, 1.54) is 6.42 Å². The van der Waals surface area contributed by atoms with E-state index in [4.69, 9.17) is 4.74 Å². The smallest absolute Gasteiger partial charge is 0.329 e. The first kappa shape index (κ1) is 14.4. The lowest BCUT2D eigenvalue weighted by Gasteiger charge is -2.30. The fraction of sp³-hybridized carbons (Fsp3) is 0.867. The van der Waals surface area contributed by atoms with E-state index < -0.39 is 5.60 Å². The quantitative estimate of drug-likeness (QED) is 0.738. The third kappa shape index (κ3) is 3.71. The van der Waals surface area contributed by atoms with Gasteiger partial charge in [0.25, 0.3) is 0 Å². The van der Waals surface area contributed by atoms with Crippen molar-refractivity contribution in [2.45, 2.75) is 70.9 Å². The van der Waals surface area contributed by atoms with Gasteiger partial charge in [0.05, 0.1) is 0 Å². The van der Waals surface area contributed by atoms with Gasteiger partial charge >= 0.3 is 5.97 Å². The van der Waals surface area contributed by atoms with Crippen LogP contribution in [0.4, 0.5) is 0 Å². The SMILES string of the molecule is CC(C)(C)OC(=O)[C@H]1CCCN1C(=O)CC1CCC1. The van der Waals surface area contributed by atoms with Crippen LogP contribution in [0.5, 0.6) is 0 Å². The lowest BCUT2D eigenvalue weighted by Crippen LogP contribution is -2.44. The molecule has 0 unspecified atom stereocenters. The third-order valence-corrected chi connectivity index (χ3v) is 3.94. The number of hydrogen-bond acceptors (Lipinski definition) is 3. The summed E-state index contributed by atoms with van der Waals surface area (Å²) in [6.45, 7) is 6.29. The first-order valence-electron chi connectivity index (χ1n) is 7.39. The summed E-state index contributed by atoms with van der Waals surface area (Å²) in [5.41, 5.74) is -0.484. The van der Waals surface area contributed by atoms with Crippen molar-refractivity contribution >= 4 is 11.9 Å². The predicted molar refractivity (Wildman–Crippen MR) is 72.5 cm³/mol. The highest BCUT2D eigenvalue weighted by molar-refractivity contribution is 5.85. The number of carbonyl (C=O) groups excluding carboxylic acids is 2. The zero-order valence-corrected chi connectivity index (χ0v) is 12.3. The van der Waals surface area contributed by atoms with Crippen LogP contribution < -0.4 is 0 Å². The normalized spacial score (nSPS) is 24.2. The van der Waals surface area contributed by atoms with Gasteiger partial charge in [-0.1, -0.05) is 6.42 Å². The molecule has 0 bridgehead atoms. The maximum absolute atomic E-state index is 12.2. The summed E-state index contributed by atoms with van der Waals surface area (Å²) < 4.78 is 5.41. The fourth-order valence-corrected chi connectivity index (χ4v) is 2.74. The van der Waals surface area contributed by atoms with Gasteiger partial charge < -0.3 is 9.64 Å². The lowest BCUT2D eigenvalue weighted by molar-refractivity contribution is -0.163. The average molecular weight is 267 g/mol. The van der Waals surface area contributed by atoms with Gasteiger partial charge in [0.2, 0.25) is 5.91 Å². The average Bonchev–Trinajstić information content (AvgIpc) is 2.69. The van der Waals surface area contributed by atoms with E-state index in [2.05, 4.69) is 0 Å². The molecule has 0 N–H and O–H groups in total. The van der Waals surface area contributed by atoms with Crippen LogP contribution in [-0.4, -0.2) is 35.0 Å². The number of carbonyl (C=O) groups is 2. The maximum Gasteiger partial charge on any atom is 0.329 e. The molecule has 4 nitrogen and oxygen atoms in total. The summed E-state index contributed by atoms with van der Waals surface area (Å²) in [7, 11) is 0. The van der Waals surface area contributed by atoms with Crippen molar-refractivity contribution in [1.29, 1.82) is 0 Å². The molecule has 4 heteroatoms. The number of amides is 1. The van der Waals surface area contributed by atoms with E-state index >= 15 is 0 Å². The van der Waals surface area contributed by atoms with Crippen molar-refractivity contribution in [2.24, 2.45) is 5.92 Å². The van der Waals surface area contributed by atoms with E-state index in [0.29, 0.717) is 18.9 Å². The van der Waals surface area contributed by atoms with E-state index in [-0.39, 0.29) is 17.9 Å². The van der Waals surface area contributed by atoms with Crippen LogP contribution in [0.3, 0.4) is 0 Å². The van der Waals surface area contributed by atoms with Crippen molar-refractivity contribution < 1.29 is 14.3 Å². The van der Waals surface area contributed by atoms with E-state index in [1.54, 1.807) is 4.90 Å². The highest BCUT2D eigenvalue weighted by Crippen LogP contribution is 2.31. The Morgan fingerprint density at radius 1 is 1.16 bits per heavy atom. The monoisotopic (exact) mass is 267 g/mol. The molecular weight excluding hydrogens is 242 g/mol. The molecule has 0 radical (unpaired) electrons. The Hall–Kier alpha value is -1.06. The molecule has 0 aromatic rings. The standard InChI is InChI=1S/C15H25NO3/c1-15(2,3)19-14(18)12-8-5-9-16(12)13(17)10-11-6-4-7-11/h11-12H,4-10H2,1-3H3/t12-/m1/s1. The van der Waals surface area contributed by atoms with Crippen molar-refractivity contribution in [1.82, 2.24) is 4.90 Å². The summed E-state index contributed by atoms with van der Waals surface area (Å²) in [4.78, 5) is 26.1. The molecule has 1 saturated heterocycles. The van der Waals surface area contributed by atoms with Gasteiger partial charge in [0.1, 0.15) is 11.6 Å². The molecule has 1 aliphatic carbocycles. The molecule has 1 amide bonds. The second-order valence-corrected chi connectivity index (χ2v) is 6.78. The van der Waals surface area contributed by atoms with Gasteiger partial charge in [-0.05, 0) is 52.4 Å². The Kier molecular flexibility index (Phi) is 4.16. The van der Waals surface area contributed by atoms with Crippen molar-refractivity contribution in [2.75, 3.05) is 6.54 Å². The molecule has 0 aromatic carbocycles. The topological polar surface area (TPSA) is 46.6 Å². The highest BCUT2D eigenvalue weighted by Gasteiger charge is 2.37. The van der Waals surface area contributed by atoms with Crippen LogP contribution in [0.15, 0.2) is 0 Å². The Morgan fingerprint density at radius 3 is 2.37 bits per heavy atom. The van der Waals surface area contributed by atoms with Gasteiger partial charge in [-0.15, -0.1) is 0 Å². The number of ether oxygens (including phenoxy) is 1. The first-order chi connectivity index (χ1) is 8.87. The minimum atomic E-state index is -0.484. The molecule has 1 aliphatic heterocycles. The number of nitrogens with zero attached hydrogens (tertiary/aromatic N) is 1. The molecule has 19 heavy (non-hydrogen) atoms. The molecular formula is C15H25NO3. The van der Waals surface area contributed by atoms with Crippen LogP contribution in [0.2, 0.25) is 0 Å². The number of rotatable bonds is 3. The predicted octanol–water partition coefficient (Wildman–Crippen LogP) is 2.51. The summed E-state index contributed by atoms with van der Waals surface area (Å²) >= 11 is 0. The van der Waals surface area contributed by atoms with Crippen LogP contribution in [-0.2, 0) is 14.3 Å². The molecule has 2 fully saturated rings. The number of likely N-dealkylation sites (tertiary alicyclic amines) is 1. The van der Waals surface area contributed by atoms with Crippen LogP contribution >= 0.6 is 0 Å². The Labute approximate surface area is 115 Å². The van der Waals surface area contributed by atoms with E-state index in [9.17, 15) is 9.59 Å². The van der Waals surface area contributed by atoms with Crippen LogP contribution in [0.1, 0.15) is 59.3 Å². The van der Waals surface area contributed by atoms with Crippen molar-refractivity contribution in [3.05, 3.63) is 0 Å². The molecule has 2 aliphatic rings. The minimum Gasteiger partial charge on any atom is -0.458 e. The molecule has 1 atom stereocenters.